The van der Waals surface area contributed by atoms with E-state index in [2.05, 4.69) is 41.0 Å². The molecule has 0 unspecified atom stereocenters. The SMILES string of the molecule is Cc1c(C)n(Cc2ccccc2)c2ccc(C(=O)Nc3ccn(Cc4ccc(F)cc4Cl)n3)cc12. The lowest BCUT2D eigenvalue weighted by molar-refractivity contribution is 0.102. The van der Waals surface area contributed by atoms with Crippen molar-refractivity contribution >= 4 is 34.2 Å². The monoisotopic (exact) mass is 486 g/mol. The molecular formula is C28H24ClFN4O. The van der Waals surface area contributed by atoms with E-state index in [1.165, 1.54) is 23.4 Å². The van der Waals surface area contributed by atoms with Crippen LogP contribution in [0.1, 0.15) is 32.7 Å². The molecule has 5 nitrogen and oxygen atoms in total. The van der Waals surface area contributed by atoms with Gasteiger partial charge in [0.15, 0.2) is 5.82 Å². The van der Waals surface area contributed by atoms with Gasteiger partial charge in [-0.3, -0.25) is 9.48 Å². The van der Waals surface area contributed by atoms with Crippen molar-refractivity contribution in [2.24, 2.45) is 0 Å². The van der Waals surface area contributed by atoms with Gasteiger partial charge in [-0.2, -0.15) is 5.10 Å². The molecule has 0 atom stereocenters. The van der Waals surface area contributed by atoms with Crippen LogP contribution in [0.25, 0.3) is 10.9 Å². The number of anilines is 1. The molecule has 3 aromatic carbocycles. The topological polar surface area (TPSA) is 51.9 Å². The number of hydrogen-bond acceptors (Lipinski definition) is 2. The fourth-order valence-corrected chi connectivity index (χ4v) is 4.52. The van der Waals surface area contributed by atoms with Crippen molar-refractivity contribution in [3.63, 3.8) is 0 Å². The molecule has 0 spiro atoms. The molecule has 0 aliphatic carbocycles. The lowest BCUT2D eigenvalue weighted by Crippen LogP contribution is -2.13. The third-order valence-electron chi connectivity index (χ3n) is 6.31. The van der Waals surface area contributed by atoms with E-state index in [0.717, 1.165) is 28.6 Å². The van der Waals surface area contributed by atoms with Gasteiger partial charge in [-0.15, -0.1) is 0 Å². The van der Waals surface area contributed by atoms with Gasteiger partial charge in [0.25, 0.3) is 5.91 Å². The van der Waals surface area contributed by atoms with Gasteiger partial charge in [-0.05, 0) is 60.9 Å². The molecule has 1 N–H and O–H groups in total. The number of fused-ring (bicyclic) bond motifs is 1. The maximum Gasteiger partial charge on any atom is 0.256 e. The maximum absolute atomic E-state index is 13.3. The van der Waals surface area contributed by atoms with Crippen molar-refractivity contribution in [3.05, 3.63) is 118 Å². The number of hydrogen-bond donors (Lipinski definition) is 1. The summed E-state index contributed by atoms with van der Waals surface area (Å²) in [5, 5.41) is 8.67. The summed E-state index contributed by atoms with van der Waals surface area (Å²) in [6, 6.07) is 22.1. The van der Waals surface area contributed by atoms with Crippen LogP contribution in [0.2, 0.25) is 5.02 Å². The van der Waals surface area contributed by atoms with Crippen LogP contribution in [-0.4, -0.2) is 20.3 Å². The van der Waals surface area contributed by atoms with Gasteiger partial charge in [-0.1, -0.05) is 48.0 Å². The van der Waals surface area contributed by atoms with E-state index in [-0.39, 0.29) is 11.7 Å². The molecule has 0 bridgehead atoms. The number of carbonyl (C=O) groups excluding carboxylic acids is 1. The Kier molecular flexibility index (Phi) is 6.14. The molecule has 0 aliphatic rings. The Morgan fingerprint density at radius 2 is 1.80 bits per heavy atom. The van der Waals surface area contributed by atoms with Crippen molar-refractivity contribution < 1.29 is 9.18 Å². The summed E-state index contributed by atoms with van der Waals surface area (Å²) in [7, 11) is 0. The van der Waals surface area contributed by atoms with Gasteiger partial charge >= 0.3 is 0 Å². The summed E-state index contributed by atoms with van der Waals surface area (Å²) in [6.07, 6.45) is 1.75. The molecule has 0 radical (unpaired) electrons. The van der Waals surface area contributed by atoms with E-state index in [0.29, 0.717) is 22.9 Å². The number of nitrogens with one attached hydrogen (secondary N) is 1. The van der Waals surface area contributed by atoms with Crippen molar-refractivity contribution in [2.75, 3.05) is 5.32 Å². The lowest BCUT2D eigenvalue weighted by atomic mass is 10.1. The fraction of sp³-hybridized carbons (Fsp3) is 0.143. The van der Waals surface area contributed by atoms with E-state index in [1.54, 1.807) is 23.0 Å². The molecule has 7 heteroatoms. The smallest absolute Gasteiger partial charge is 0.256 e. The number of nitrogens with zero attached hydrogens (tertiary/aromatic N) is 3. The van der Waals surface area contributed by atoms with Crippen molar-refractivity contribution in [1.29, 1.82) is 0 Å². The van der Waals surface area contributed by atoms with Gasteiger partial charge in [0.05, 0.1) is 6.54 Å². The van der Waals surface area contributed by atoms with Gasteiger partial charge in [-0.25, -0.2) is 4.39 Å². The standard InChI is InChI=1S/C28H24ClFN4O/c1-18-19(2)34(16-20-6-4-3-5-7-20)26-11-9-21(14-24(18)26)28(35)31-27-12-13-33(32-27)17-22-8-10-23(30)15-25(22)29/h3-15H,16-17H2,1-2H3,(H,31,32,35). The van der Waals surface area contributed by atoms with Crippen LogP contribution in [0.3, 0.4) is 0 Å². The van der Waals surface area contributed by atoms with Crippen LogP contribution < -0.4 is 5.32 Å². The Hall–Kier alpha value is -3.90. The Morgan fingerprint density at radius 3 is 2.57 bits per heavy atom. The van der Waals surface area contributed by atoms with E-state index in [9.17, 15) is 9.18 Å². The summed E-state index contributed by atoms with van der Waals surface area (Å²) in [5.74, 6) is -0.183. The largest absolute Gasteiger partial charge is 0.340 e. The third-order valence-corrected chi connectivity index (χ3v) is 6.67. The number of halogens is 2. The van der Waals surface area contributed by atoms with Gasteiger partial charge in [0.2, 0.25) is 0 Å². The highest BCUT2D eigenvalue weighted by Crippen LogP contribution is 2.27. The van der Waals surface area contributed by atoms with Crippen molar-refractivity contribution in [1.82, 2.24) is 14.3 Å². The number of benzene rings is 3. The van der Waals surface area contributed by atoms with Gasteiger partial charge in [0, 0.05) is 46.0 Å². The second kappa shape index (κ2) is 9.39. The Balaban J connectivity index is 1.34. The highest BCUT2D eigenvalue weighted by molar-refractivity contribution is 6.31. The molecule has 5 rings (SSSR count). The zero-order chi connectivity index (χ0) is 24.5. The molecular weight excluding hydrogens is 463 g/mol. The van der Waals surface area contributed by atoms with Gasteiger partial charge < -0.3 is 9.88 Å². The Morgan fingerprint density at radius 1 is 1.00 bits per heavy atom. The molecule has 0 saturated heterocycles. The minimum absolute atomic E-state index is 0.232. The first-order chi connectivity index (χ1) is 16.9. The fourth-order valence-electron chi connectivity index (χ4n) is 4.29. The molecule has 176 valence electrons. The van der Waals surface area contributed by atoms with E-state index in [4.69, 9.17) is 11.6 Å². The zero-order valence-corrected chi connectivity index (χ0v) is 20.2. The minimum Gasteiger partial charge on any atom is -0.340 e. The summed E-state index contributed by atoms with van der Waals surface area (Å²) in [6.45, 7) is 5.34. The van der Waals surface area contributed by atoms with Crippen LogP contribution in [0.4, 0.5) is 10.2 Å². The predicted octanol–water partition coefficient (Wildman–Crippen LogP) is 6.60. The average Bonchev–Trinajstić information content (AvgIpc) is 3.39. The summed E-state index contributed by atoms with van der Waals surface area (Å²) >= 11 is 6.12. The molecule has 5 aromatic rings. The number of carbonyl (C=O) groups is 1. The van der Waals surface area contributed by atoms with Crippen LogP contribution in [0, 0.1) is 19.7 Å². The molecule has 2 aromatic heterocycles. The van der Waals surface area contributed by atoms with E-state index in [1.807, 2.05) is 36.4 Å². The summed E-state index contributed by atoms with van der Waals surface area (Å²) in [5.41, 5.74) is 5.97. The number of aromatic nitrogens is 3. The van der Waals surface area contributed by atoms with Crippen molar-refractivity contribution in [2.45, 2.75) is 26.9 Å². The number of rotatable bonds is 6. The Bertz CT molecular complexity index is 1540. The predicted molar refractivity (Wildman–Crippen MR) is 138 cm³/mol. The molecule has 0 saturated carbocycles. The molecule has 0 aliphatic heterocycles. The molecule has 35 heavy (non-hydrogen) atoms. The average molecular weight is 487 g/mol. The van der Waals surface area contributed by atoms with E-state index >= 15 is 0 Å². The second-order valence-corrected chi connectivity index (χ2v) is 9.01. The first-order valence-corrected chi connectivity index (χ1v) is 11.7. The molecule has 0 fully saturated rings. The summed E-state index contributed by atoms with van der Waals surface area (Å²) in [4.78, 5) is 13.0. The van der Waals surface area contributed by atoms with Gasteiger partial charge in [0.1, 0.15) is 5.82 Å². The normalized spacial score (nSPS) is 11.2. The molecule has 2 heterocycles. The zero-order valence-electron chi connectivity index (χ0n) is 19.4. The Labute approximate surface area is 207 Å². The van der Waals surface area contributed by atoms with Crippen LogP contribution in [-0.2, 0) is 13.1 Å². The first kappa shape index (κ1) is 22.9. The van der Waals surface area contributed by atoms with Crippen molar-refractivity contribution in [3.8, 4) is 0 Å². The first-order valence-electron chi connectivity index (χ1n) is 11.3. The van der Waals surface area contributed by atoms with Crippen LogP contribution in [0.5, 0.6) is 0 Å². The number of aryl methyl sites for hydroxylation is 1. The van der Waals surface area contributed by atoms with Crippen LogP contribution >= 0.6 is 11.6 Å². The maximum atomic E-state index is 13.3. The summed E-state index contributed by atoms with van der Waals surface area (Å²) < 4.78 is 17.2. The number of amides is 1. The molecule has 1 amide bonds. The lowest BCUT2D eigenvalue weighted by Gasteiger charge is -2.09. The second-order valence-electron chi connectivity index (χ2n) is 8.60. The van der Waals surface area contributed by atoms with E-state index < -0.39 is 0 Å². The van der Waals surface area contributed by atoms with Crippen LogP contribution in [0.15, 0.2) is 79.0 Å². The quantitative estimate of drug-likeness (QED) is 0.294. The highest BCUT2D eigenvalue weighted by atomic mass is 35.5. The highest BCUT2D eigenvalue weighted by Gasteiger charge is 2.15. The third kappa shape index (κ3) is 4.70. The minimum atomic E-state index is -0.384.